The molecule has 5 rings (SSSR count). The molecule has 2 aromatic rings. The Hall–Kier alpha value is -2.29. The third-order valence-corrected chi connectivity index (χ3v) is 7.72. The van der Waals surface area contributed by atoms with E-state index in [1.165, 1.54) is 60.8 Å². The quantitative estimate of drug-likeness (QED) is 0.564. The number of amides is 1. The lowest BCUT2D eigenvalue weighted by atomic mass is 9.72. The highest BCUT2D eigenvalue weighted by Crippen LogP contribution is 2.48. The van der Waals surface area contributed by atoms with Gasteiger partial charge in [-0.15, -0.1) is 0 Å². The first-order valence-electron chi connectivity index (χ1n) is 11.8. The van der Waals surface area contributed by atoms with Gasteiger partial charge in [0.15, 0.2) is 0 Å². The summed E-state index contributed by atoms with van der Waals surface area (Å²) in [7, 11) is 0. The summed E-state index contributed by atoms with van der Waals surface area (Å²) in [4.78, 5) is 15.3. The van der Waals surface area contributed by atoms with Gasteiger partial charge in [0, 0.05) is 18.5 Å². The predicted octanol–water partition coefficient (Wildman–Crippen LogP) is 6.76. The third kappa shape index (κ3) is 3.42. The van der Waals surface area contributed by atoms with Gasteiger partial charge >= 0.3 is 6.09 Å². The molecule has 1 spiro atoms. The van der Waals surface area contributed by atoms with Crippen molar-refractivity contribution in [3.05, 3.63) is 59.7 Å². The Labute approximate surface area is 180 Å². The molecule has 30 heavy (non-hydrogen) atoms. The number of fused-ring (bicyclic) bond motifs is 3. The molecule has 158 valence electrons. The number of likely N-dealkylation sites (tertiary alicyclic amines) is 1. The monoisotopic (exact) mass is 403 g/mol. The van der Waals surface area contributed by atoms with Crippen LogP contribution in [0.1, 0.15) is 75.3 Å². The van der Waals surface area contributed by atoms with Crippen molar-refractivity contribution in [3.8, 4) is 11.1 Å². The Bertz CT molecular complexity index is 869. The van der Waals surface area contributed by atoms with Crippen molar-refractivity contribution >= 4 is 6.09 Å². The van der Waals surface area contributed by atoms with Crippen LogP contribution in [0.2, 0.25) is 0 Å². The highest BCUT2D eigenvalue weighted by molar-refractivity contribution is 5.79. The number of benzene rings is 2. The largest absolute Gasteiger partial charge is 0.448 e. The second kappa shape index (κ2) is 8.09. The maximum atomic E-state index is 13.2. The average Bonchev–Trinajstić information content (AvgIpc) is 3.29. The summed E-state index contributed by atoms with van der Waals surface area (Å²) in [6, 6.07) is 17.4. The summed E-state index contributed by atoms with van der Waals surface area (Å²) in [5, 5.41) is 0. The van der Waals surface area contributed by atoms with E-state index in [0.717, 1.165) is 19.4 Å². The van der Waals surface area contributed by atoms with E-state index >= 15 is 0 Å². The van der Waals surface area contributed by atoms with Gasteiger partial charge in [0.1, 0.15) is 6.61 Å². The Morgan fingerprint density at radius 1 is 1.00 bits per heavy atom. The van der Waals surface area contributed by atoms with E-state index in [1.807, 2.05) is 0 Å². The van der Waals surface area contributed by atoms with Crippen molar-refractivity contribution in [2.45, 2.75) is 70.3 Å². The molecular formula is C27H33NO2. The van der Waals surface area contributed by atoms with Gasteiger partial charge in [0.25, 0.3) is 0 Å². The van der Waals surface area contributed by atoms with Gasteiger partial charge in [-0.25, -0.2) is 4.79 Å². The smallest absolute Gasteiger partial charge is 0.410 e. The Morgan fingerprint density at radius 2 is 1.63 bits per heavy atom. The van der Waals surface area contributed by atoms with Gasteiger partial charge in [0.05, 0.1) is 0 Å². The lowest BCUT2D eigenvalue weighted by molar-refractivity contribution is 0.0891. The SMILES string of the molecule is CCC[C@H]1CC2(CCCCC2)CN1C(=O)OCC1c2ccccc2-c2ccccc21. The zero-order valence-corrected chi connectivity index (χ0v) is 18.1. The van der Waals surface area contributed by atoms with Crippen molar-refractivity contribution in [3.63, 3.8) is 0 Å². The number of ether oxygens (including phenoxy) is 1. The molecular weight excluding hydrogens is 370 g/mol. The number of nitrogens with zero attached hydrogens (tertiary/aromatic N) is 1. The van der Waals surface area contributed by atoms with Crippen LogP contribution in [0.5, 0.6) is 0 Å². The van der Waals surface area contributed by atoms with E-state index in [-0.39, 0.29) is 12.0 Å². The van der Waals surface area contributed by atoms with Crippen molar-refractivity contribution in [2.75, 3.05) is 13.2 Å². The van der Waals surface area contributed by atoms with Crippen LogP contribution in [-0.4, -0.2) is 30.2 Å². The number of hydrogen-bond acceptors (Lipinski definition) is 2. The second-order valence-electron chi connectivity index (χ2n) is 9.64. The first kappa shape index (κ1) is 19.7. The van der Waals surface area contributed by atoms with Crippen LogP contribution in [0.3, 0.4) is 0 Å². The molecule has 2 aromatic carbocycles. The molecule has 0 aromatic heterocycles. The number of hydrogen-bond donors (Lipinski definition) is 0. The Balaban J connectivity index is 1.32. The molecule has 1 saturated heterocycles. The topological polar surface area (TPSA) is 29.5 Å². The highest BCUT2D eigenvalue weighted by atomic mass is 16.6. The summed E-state index contributed by atoms with van der Waals surface area (Å²) in [5.74, 6) is 0.136. The minimum Gasteiger partial charge on any atom is -0.448 e. The molecule has 0 N–H and O–H groups in total. The van der Waals surface area contributed by atoms with Crippen molar-refractivity contribution in [2.24, 2.45) is 5.41 Å². The Morgan fingerprint density at radius 3 is 2.27 bits per heavy atom. The molecule has 3 aliphatic rings. The minimum atomic E-state index is -0.0993. The summed E-state index contributed by atoms with van der Waals surface area (Å²) < 4.78 is 6.02. The maximum absolute atomic E-state index is 13.2. The molecule has 2 fully saturated rings. The molecule has 1 amide bonds. The van der Waals surface area contributed by atoms with Gasteiger partial charge in [-0.1, -0.05) is 81.1 Å². The van der Waals surface area contributed by atoms with Crippen molar-refractivity contribution < 1.29 is 9.53 Å². The fourth-order valence-corrected chi connectivity index (χ4v) is 6.31. The molecule has 2 aliphatic carbocycles. The van der Waals surface area contributed by atoms with E-state index in [2.05, 4.69) is 60.4 Å². The fourth-order valence-electron chi connectivity index (χ4n) is 6.31. The second-order valence-corrected chi connectivity index (χ2v) is 9.64. The third-order valence-electron chi connectivity index (χ3n) is 7.72. The van der Waals surface area contributed by atoms with E-state index in [9.17, 15) is 4.79 Å². The van der Waals surface area contributed by atoms with Crippen molar-refractivity contribution in [1.29, 1.82) is 0 Å². The van der Waals surface area contributed by atoms with Crippen LogP contribution in [0.4, 0.5) is 4.79 Å². The number of carbonyl (C=O) groups is 1. The van der Waals surface area contributed by atoms with Crippen LogP contribution in [0.25, 0.3) is 11.1 Å². The molecule has 3 heteroatoms. The number of carbonyl (C=O) groups excluding carboxylic acids is 1. The lowest BCUT2D eigenvalue weighted by Crippen LogP contribution is -2.38. The van der Waals surface area contributed by atoms with E-state index < -0.39 is 0 Å². The van der Waals surface area contributed by atoms with Gasteiger partial charge in [-0.3, -0.25) is 0 Å². The summed E-state index contributed by atoms with van der Waals surface area (Å²) in [6.07, 6.45) is 9.82. The van der Waals surface area contributed by atoms with E-state index in [4.69, 9.17) is 4.74 Å². The summed E-state index contributed by atoms with van der Waals surface area (Å²) in [5.41, 5.74) is 5.47. The molecule has 0 bridgehead atoms. The van der Waals surface area contributed by atoms with Crippen LogP contribution in [0, 0.1) is 5.41 Å². The molecule has 0 radical (unpaired) electrons. The zero-order chi connectivity index (χ0) is 20.6. The standard InChI is InChI=1S/C27H33NO2/c1-2-10-20-17-27(15-8-3-9-16-27)19-28(20)26(29)30-18-25-23-13-6-4-11-21(23)22-12-5-7-14-24(22)25/h4-7,11-14,20,25H,2-3,8-10,15-19H2,1H3/t20-/m0/s1. The summed E-state index contributed by atoms with van der Waals surface area (Å²) >= 11 is 0. The molecule has 1 atom stereocenters. The van der Waals surface area contributed by atoms with E-state index in [1.54, 1.807) is 0 Å². The summed E-state index contributed by atoms with van der Waals surface area (Å²) in [6.45, 7) is 3.55. The van der Waals surface area contributed by atoms with Gasteiger partial charge in [0.2, 0.25) is 0 Å². The molecule has 0 unspecified atom stereocenters. The maximum Gasteiger partial charge on any atom is 0.410 e. The van der Waals surface area contributed by atoms with E-state index in [0.29, 0.717) is 18.1 Å². The van der Waals surface area contributed by atoms with Crippen LogP contribution in [0.15, 0.2) is 48.5 Å². The van der Waals surface area contributed by atoms with Crippen LogP contribution < -0.4 is 0 Å². The first-order chi connectivity index (χ1) is 14.7. The van der Waals surface area contributed by atoms with Crippen LogP contribution >= 0.6 is 0 Å². The minimum absolute atomic E-state index is 0.0993. The fraction of sp³-hybridized carbons (Fsp3) is 0.519. The molecule has 1 aliphatic heterocycles. The van der Waals surface area contributed by atoms with Crippen LogP contribution in [-0.2, 0) is 4.74 Å². The number of rotatable bonds is 4. The van der Waals surface area contributed by atoms with Crippen molar-refractivity contribution in [1.82, 2.24) is 4.90 Å². The predicted molar refractivity (Wildman–Crippen MR) is 121 cm³/mol. The molecule has 1 heterocycles. The highest BCUT2D eigenvalue weighted by Gasteiger charge is 2.46. The normalized spacial score (nSPS) is 22.2. The average molecular weight is 404 g/mol. The molecule has 1 saturated carbocycles. The van der Waals surface area contributed by atoms with Gasteiger partial charge < -0.3 is 9.64 Å². The molecule has 3 nitrogen and oxygen atoms in total. The first-order valence-corrected chi connectivity index (χ1v) is 11.8. The van der Waals surface area contributed by atoms with Gasteiger partial charge in [-0.2, -0.15) is 0 Å². The Kier molecular flexibility index (Phi) is 5.30. The zero-order valence-electron chi connectivity index (χ0n) is 18.1. The van der Waals surface area contributed by atoms with Gasteiger partial charge in [-0.05, 0) is 53.4 Å². The lowest BCUT2D eigenvalue weighted by Gasteiger charge is -2.33.